The number of amides is 1. The Morgan fingerprint density at radius 1 is 1.03 bits per heavy atom. The highest BCUT2D eigenvalue weighted by atomic mass is 35.5. The summed E-state index contributed by atoms with van der Waals surface area (Å²) in [6.07, 6.45) is -0.101. The van der Waals surface area contributed by atoms with Gasteiger partial charge in [0.05, 0.1) is 16.3 Å². The van der Waals surface area contributed by atoms with Crippen molar-refractivity contribution in [1.29, 1.82) is 0 Å². The largest absolute Gasteiger partial charge is 0.465 e. The number of benzene rings is 2. The smallest absolute Gasteiger partial charge is 0.410 e. The standard InChI is InChI=1S/C21H16ClN3O7S2/c22-15-5-6-18(33(28,29)12-13-7-8-23-19(9-13)24-21(26)27)16(11-15)25-34(30,31)20-10-14-3-1-2-4-17(14)32-20/h1-11,25H,12H2,(H,23,24)(H,26,27). The summed E-state index contributed by atoms with van der Waals surface area (Å²) in [7, 11) is -8.40. The number of pyridine rings is 1. The van der Waals surface area contributed by atoms with Crippen LogP contribution in [0.1, 0.15) is 5.56 Å². The second-order valence-corrected chi connectivity index (χ2v) is 11.1. The molecule has 0 aliphatic heterocycles. The Kier molecular flexibility index (Phi) is 6.21. The topological polar surface area (TPSA) is 156 Å². The van der Waals surface area contributed by atoms with Crippen molar-refractivity contribution in [1.82, 2.24) is 4.98 Å². The lowest BCUT2D eigenvalue weighted by molar-refractivity contribution is 0.209. The number of carbonyl (C=O) groups is 1. The van der Waals surface area contributed by atoms with Gasteiger partial charge in [-0.25, -0.2) is 18.2 Å². The molecule has 0 saturated carbocycles. The summed E-state index contributed by atoms with van der Waals surface area (Å²) >= 11 is 6.01. The fraction of sp³-hybridized carbons (Fsp3) is 0.0476. The van der Waals surface area contributed by atoms with Crippen molar-refractivity contribution in [2.75, 3.05) is 10.0 Å². The molecule has 34 heavy (non-hydrogen) atoms. The number of fused-ring (bicyclic) bond motifs is 1. The molecule has 4 rings (SSSR count). The van der Waals surface area contributed by atoms with Gasteiger partial charge in [-0.05, 0) is 42.0 Å². The van der Waals surface area contributed by atoms with E-state index in [1.165, 1.54) is 42.6 Å². The molecule has 0 spiro atoms. The van der Waals surface area contributed by atoms with Gasteiger partial charge < -0.3 is 9.52 Å². The number of furan rings is 1. The molecule has 0 atom stereocenters. The second kappa shape index (κ2) is 8.97. The Balaban J connectivity index is 1.68. The highest BCUT2D eigenvalue weighted by Gasteiger charge is 2.26. The van der Waals surface area contributed by atoms with Crippen LogP contribution in [0.4, 0.5) is 16.3 Å². The SMILES string of the molecule is O=C(O)Nc1cc(CS(=O)(=O)c2ccc(Cl)cc2NS(=O)(=O)c2cc3ccccc3o2)ccn1. The number of halogens is 1. The minimum atomic E-state index is -4.29. The quantitative estimate of drug-likeness (QED) is 0.324. The fourth-order valence-electron chi connectivity index (χ4n) is 3.18. The molecular formula is C21H16ClN3O7S2. The first-order valence-electron chi connectivity index (χ1n) is 9.52. The van der Waals surface area contributed by atoms with Gasteiger partial charge in [-0.15, -0.1) is 0 Å². The van der Waals surface area contributed by atoms with Crippen molar-refractivity contribution in [2.45, 2.75) is 15.7 Å². The number of hydrogen-bond donors (Lipinski definition) is 3. The van der Waals surface area contributed by atoms with Crippen molar-refractivity contribution in [2.24, 2.45) is 0 Å². The molecule has 13 heteroatoms. The highest BCUT2D eigenvalue weighted by molar-refractivity contribution is 7.93. The summed E-state index contributed by atoms with van der Waals surface area (Å²) in [6.45, 7) is 0. The second-order valence-electron chi connectivity index (χ2n) is 7.09. The summed E-state index contributed by atoms with van der Waals surface area (Å²) in [5.74, 6) is -0.604. The molecule has 0 unspecified atom stereocenters. The van der Waals surface area contributed by atoms with Gasteiger partial charge in [-0.1, -0.05) is 29.8 Å². The minimum absolute atomic E-state index is 0.0536. The predicted molar refractivity (Wildman–Crippen MR) is 125 cm³/mol. The molecule has 10 nitrogen and oxygen atoms in total. The lowest BCUT2D eigenvalue weighted by Crippen LogP contribution is -2.16. The number of sulfone groups is 1. The zero-order valence-electron chi connectivity index (χ0n) is 17.1. The molecule has 176 valence electrons. The number of carboxylic acid groups (broad SMARTS) is 1. The molecule has 3 N–H and O–H groups in total. The van der Waals surface area contributed by atoms with E-state index in [0.717, 1.165) is 0 Å². The van der Waals surface area contributed by atoms with E-state index < -0.39 is 36.8 Å². The average Bonchev–Trinajstić information content (AvgIpc) is 3.18. The molecule has 0 radical (unpaired) electrons. The van der Waals surface area contributed by atoms with Gasteiger partial charge in [0.2, 0.25) is 5.09 Å². The van der Waals surface area contributed by atoms with Gasteiger partial charge in [0.1, 0.15) is 11.4 Å². The Hall–Kier alpha value is -3.61. The zero-order chi connectivity index (χ0) is 24.5. The first-order valence-corrected chi connectivity index (χ1v) is 13.0. The highest BCUT2D eigenvalue weighted by Crippen LogP contribution is 2.31. The van der Waals surface area contributed by atoms with Crippen molar-refractivity contribution in [3.05, 3.63) is 77.4 Å². The average molecular weight is 522 g/mol. The summed E-state index contributed by atoms with van der Waals surface area (Å²) in [4.78, 5) is 14.3. The van der Waals surface area contributed by atoms with Crippen LogP contribution in [0.2, 0.25) is 5.02 Å². The van der Waals surface area contributed by atoms with E-state index >= 15 is 0 Å². The predicted octanol–water partition coefficient (Wildman–Crippen LogP) is 4.35. The maximum absolute atomic E-state index is 13.2. The normalized spacial score (nSPS) is 11.9. The van der Waals surface area contributed by atoms with Crippen molar-refractivity contribution in [3.63, 3.8) is 0 Å². The lowest BCUT2D eigenvalue weighted by atomic mass is 10.3. The van der Waals surface area contributed by atoms with E-state index in [1.807, 2.05) is 5.32 Å². The number of hydrogen-bond acceptors (Lipinski definition) is 7. The summed E-state index contributed by atoms with van der Waals surface area (Å²) < 4.78 is 59.9. The van der Waals surface area contributed by atoms with E-state index in [-0.39, 0.29) is 27.0 Å². The zero-order valence-corrected chi connectivity index (χ0v) is 19.5. The van der Waals surface area contributed by atoms with Crippen LogP contribution in [-0.2, 0) is 25.6 Å². The molecule has 2 heterocycles. The number of aromatic nitrogens is 1. The number of sulfonamides is 1. The summed E-state index contributed by atoms with van der Waals surface area (Å²) in [5, 5.41) is 11.1. The van der Waals surface area contributed by atoms with Crippen LogP contribution in [0.25, 0.3) is 11.0 Å². The first kappa shape index (κ1) is 23.5. The maximum Gasteiger partial charge on any atom is 0.410 e. The molecule has 0 aliphatic rings. The van der Waals surface area contributed by atoms with Crippen LogP contribution >= 0.6 is 11.6 Å². The molecule has 4 aromatic rings. The monoisotopic (exact) mass is 521 g/mol. The van der Waals surface area contributed by atoms with Gasteiger partial charge in [0.15, 0.2) is 9.84 Å². The van der Waals surface area contributed by atoms with Crippen LogP contribution < -0.4 is 10.0 Å². The molecule has 0 saturated heterocycles. The third-order valence-electron chi connectivity index (χ3n) is 4.60. The molecule has 0 fully saturated rings. The third kappa shape index (κ3) is 5.14. The van der Waals surface area contributed by atoms with Gasteiger partial charge in [-0.2, -0.15) is 8.42 Å². The van der Waals surface area contributed by atoms with E-state index in [0.29, 0.717) is 11.0 Å². The van der Waals surface area contributed by atoms with Gasteiger partial charge >= 0.3 is 6.09 Å². The molecule has 1 amide bonds. The number of anilines is 2. The summed E-state index contributed by atoms with van der Waals surface area (Å²) in [5.41, 5.74) is 0.330. The molecule has 0 bridgehead atoms. The van der Waals surface area contributed by atoms with E-state index in [1.54, 1.807) is 24.3 Å². The van der Waals surface area contributed by atoms with Crippen LogP contribution in [-0.4, -0.2) is 33.0 Å². The van der Waals surface area contributed by atoms with Crippen LogP contribution in [0.3, 0.4) is 0 Å². The van der Waals surface area contributed by atoms with Gasteiger partial charge in [0.25, 0.3) is 10.0 Å². The molecule has 0 aliphatic carbocycles. The molecule has 2 aromatic heterocycles. The Bertz CT molecular complexity index is 1580. The molecule has 2 aromatic carbocycles. The number of para-hydroxylation sites is 1. The minimum Gasteiger partial charge on any atom is -0.465 e. The third-order valence-corrected chi connectivity index (χ3v) is 7.80. The lowest BCUT2D eigenvalue weighted by Gasteiger charge is -2.13. The van der Waals surface area contributed by atoms with Gasteiger partial charge in [0, 0.05) is 22.7 Å². The number of nitrogens with zero attached hydrogens (tertiary/aromatic N) is 1. The van der Waals surface area contributed by atoms with E-state index in [2.05, 4.69) is 9.71 Å². The van der Waals surface area contributed by atoms with Crippen LogP contribution in [0, 0.1) is 0 Å². The van der Waals surface area contributed by atoms with Crippen molar-refractivity contribution < 1.29 is 31.2 Å². The van der Waals surface area contributed by atoms with Crippen LogP contribution in [0.15, 0.2) is 81.3 Å². The summed E-state index contributed by atoms with van der Waals surface area (Å²) in [6, 6.07) is 14.4. The van der Waals surface area contributed by atoms with Crippen molar-refractivity contribution >= 4 is 60.0 Å². The Morgan fingerprint density at radius 3 is 2.53 bits per heavy atom. The van der Waals surface area contributed by atoms with E-state index in [9.17, 15) is 21.6 Å². The fourth-order valence-corrected chi connectivity index (χ4v) is 5.95. The first-order chi connectivity index (χ1) is 16.0. The van der Waals surface area contributed by atoms with Crippen LogP contribution in [0.5, 0.6) is 0 Å². The molecular weight excluding hydrogens is 506 g/mol. The Labute approximate surface area is 199 Å². The number of rotatable bonds is 7. The van der Waals surface area contributed by atoms with E-state index in [4.69, 9.17) is 21.1 Å². The van der Waals surface area contributed by atoms with Crippen molar-refractivity contribution in [3.8, 4) is 0 Å². The number of nitrogens with one attached hydrogen (secondary N) is 2. The van der Waals surface area contributed by atoms with Gasteiger partial charge in [-0.3, -0.25) is 10.0 Å². The maximum atomic E-state index is 13.2. The Morgan fingerprint density at radius 2 is 1.79 bits per heavy atom.